The first-order valence-corrected chi connectivity index (χ1v) is 7.00. The second-order valence-corrected chi connectivity index (χ2v) is 6.82. The third kappa shape index (κ3) is 8.95. The number of rotatable bonds is 7. The third-order valence-electron chi connectivity index (χ3n) is 2.11. The molecule has 0 aliphatic carbocycles. The molecule has 0 unspecified atom stereocenters. The maximum atomic E-state index is 11.6. The highest BCUT2D eigenvalue weighted by molar-refractivity contribution is 6.68. The van der Waals surface area contributed by atoms with Crippen molar-refractivity contribution in [2.75, 3.05) is 6.54 Å². The lowest BCUT2D eigenvalue weighted by Gasteiger charge is -2.27. The summed E-state index contributed by atoms with van der Waals surface area (Å²) in [5, 5.41) is 5.74. The Balaban J connectivity index is 4.24. The van der Waals surface area contributed by atoms with Crippen LogP contribution < -0.4 is 10.6 Å². The van der Waals surface area contributed by atoms with Crippen molar-refractivity contribution in [2.24, 2.45) is 5.92 Å². The minimum absolute atomic E-state index is 0.111. The van der Waals surface area contributed by atoms with E-state index >= 15 is 0 Å². The minimum Gasteiger partial charge on any atom is -0.337 e. The average Bonchev–Trinajstić information content (AvgIpc) is 2.13. The second-order valence-electron chi connectivity index (χ2n) is 4.45. The predicted octanol–water partition coefficient (Wildman–Crippen LogP) is 3.23. The largest absolute Gasteiger partial charge is 0.337 e. The van der Waals surface area contributed by atoms with E-state index in [-0.39, 0.29) is 11.8 Å². The van der Waals surface area contributed by atoms with Crippen LogP contribution in [-0.2, 0) is 4.79 Å². The van der Waals surface area contributed by atoms with Crippen molar-refractivity contribution < 1.29 is 4.79 Å². The number of unbranched alkanes of at least 4 members (excludes halogenated alkanes) is 1. The number of carbonyl (C=O) groups excluding carboxylic acids is 1. The van der Waals surface area contributed by atoms with Gasteiger partial charge in [0, 0.05) is 6.42 Å². The van der Waals surface area contributed by atoms with Crippen LogP contribution in [0.1, 0.15) is 40.0 Å². The van der Waals surface area contributed by atoms with Crippen LogP contribution in [0.15, 0.2) is 0 Å². The molecule has 6 heteroatoms. The second kappa shape index (κ2) is 8.41. The zero-order valence-electron chi connectivity index (χ0n) is 10.5. The highest BCUT2D eigenvalue weighted by Gasteiger charge is 2.33. The number of hydrogen-bond donors (Lipinski definition) is 2. The molecule has 0 aromatic heterocycles. The lowest BCUT2D eigenvalue weighted by Crippen LogP contribution is -2.53. The van der Waals surface area contributed by atoms with Gasteiger partial charge in [-0.25, -0.2) is 0 Å². The Hall–Kier alpha value is 0.300. The Morgan fingerprint density at radius 2 is 1.88 bits per heavy atom. The van der Waals surface area contributed by atoms with Crippen molar-refractivity contribution in [2.45, 2.75) is 50.0 Å². The van der Waals surface area contributed by atoms with Crippen LogP contribution in [0.3, 0.4) is 0 Å². The number of hydrogen-bond acceptors (Lipinski definition) is 2. The normalized spacial score (nSPS) is 13.8. The topological polar surface area (TPSA) is 41.1 Å². The van der Waals surface area contributed by atoms with E-state index in [0.29, 0.717) is 13.0 Å². The van der Waals surface area contributed by atoms with Crippen LogP contribution >= 0.6 is 34.8 Å². The van der Waals surface area contributed by atoms with Gasteiger partial charge in [-0.2, -0.15) is 0 Å². The van der Waals surface area contributed by atoms with E-state index in [1.165, 1.54) is 0 Å². The number of halogens is 3. The average molecular weight is 304 g/mol. The highest BCUT2D eigenvalue weighted by atomic mass is 35.6. The van der Waals surface area contributed by atoms with E-state index in [2.05, 4.69) is 17.6 Å². The molecule has 0 aromatic carbocycles. The van der Waals surface area contributed by atoms with Crippen molar-refractivity contribution >= 4 is 40.7 Å². The molecule has 0 heterocycles. The molecule has 0 fully saturated rings. The summed E-state index contributed by atoms with van der Waals surface area (Å²) < 4.78 is -1.54. The zero-order valence-corrected chi connectivity index (χ0v) is 12.8. The van der Waals surface area contributed by atoms with Crippen LogP contribution in [0.2, 0.25) is 0 Å². The Bertz CT molecular complexity index is 229. The van der Waals surface area contributed by atoms with Crippen molar-refractivity contribution in [3.05, 3.63) is 0 Å². The van der Waals surface area contributed by atoms with Gasteiger partial charge in [0.15, 0.2) is 0 Å². The van der Waals surface area contributed by atoms with Gasteiger partial charge in [-0.05, 0) is 18.9 Å². The van der Waals surface area contributed by atoms with E-state index in [9.17, 15) is 4.79 Å². The third-order valence-corrected chi connectivity index (χ3v) is 2.76. The molecule has 0 aromatic rings. The summed E-state index contributed by atoms with van der Waals surface area (Å²) in [6.45, 7) is 6.71. The molecule has 0 spiro atoms. The molecule has 1 amide bonds. The molecule has 2 N–H and O–H groups in total. The number of nitrogens with one attached hydrogen (secondary N) is 2. The molecule has 0 rings (SSSR count). The summed E-state index contributed by atoms with van der Waals surface area (Å²) >= 11 is 17.4. The fourth-order valence-corrected chi connectivity index (χ4v) is 1.66. The summed E-state index contributed by atoms with van der Waals surface area (Å²) in [6.07, 6.45) is 1.79. The van der Waals surface area contributed by atoms with E-state index in [1.807, 2.05) is 13.8 Å². The molecule has 102 valence electrons. The summed E-state index contributed by atoms with van der Waals surface area (Å²) in [4.78, 5) is 11.6. The van der Waals surface area contributed by atoms with Gasteiger partial charge in [0.25, 0.3) is 0 Å². The summed E-state index contributed by atoms with van der Waals surface area (Å²) in [6, 6.07) is 0. The van der Waals surface area contributed by atoms with Gasteiger partial charge in [0.2, 0.25) is 9.70 Å². The fourth-order valence-electron chi connectivity index (χ4n) is 1.26. The molecule has 0 aliphatic rings. The molecule has 0 radical (unpaired) electrons. The van der Waals surface area contributed by atoms with Crippen molar-refractivity contribution in [1.29, 1.82) is 0 Å². The number of amides is 1. The summed E-state index contributed by atoms with van der Waals surface area (Å²) in [7, 11) is 0. The molecular weight excluding hydrogens is 282 g/mol. The SMILES string of the molecule is CCCCN[C@@H](NC(=O)CC(C)C)C(Cl)(Cl)Cl. The highest BCUT2D eigenvalue weighted by Crippen LogP contribution is 2.29. The van der Waals surface area contributed by atoms with Gasteiger partial charge in [-0.15, -0.1) is 0 Å². The van der Waals surface area contributed by atoms with Crippen molar-refractivity contribution in [3.63, 3.8) is 0 Å². The maximum absolute atomic E-state index is 11.6. The van der Waals surface area contributed by atoms with Gasteiger partial charge < -0.3 is 5.32 Å². The first-order chi connectivity index (χ1) is 7.77. The van der Waals surface area contributed by atoms with Gasteiger partial charge in [0.05, 0.1) is 0 Å². The Labute approximate surface area is 119 Å². The molecule has 0 bridgehead atoms. The Morgan fingerprint density at radius 3 is 2.29 bits per heavy atom. The quantitative estimate of drug-likeness (QED) is 0.431. The molecular formula is C11H21Cl3N2O. The van der Waals surface area contributed by atoms with Gasteiger partial charge in [-0.3, -0.25) is 10.1 Å². The van der Waals surface area contributed by atoms with Crippen LogP contribution in [-0.4, -0.2) is 22.4 Å². The predicted molar refractivity (Wildman–Crippen MR) is 74.6 cm³/mol. The first-order valence-electron chi connectivity index (χ1n) is 5.86. The number of alkyl halides is 3. The van der Waals surface area contributed by atoms with Crippen LogP contribution in [0, 0.1) is 5.92 Å². The smallest absolute Gasteiger partial charge is 0.223 e. The van der Waals surface area contributed by atoms with Crippen LogP contribution in [0.4, 0.5) is 0 Å². The Morgan fingerprint density at radius 1 is 1.29 bits per heavy atom. The zero-order chi connectivity index (χ0) is 13.5. The molecule has 1 atom stereocenters. The van der Waals surface area contributed by atoms with E-state index in [4.69, 9.17) is 34.8 Å². The van der Waals surface area contributed by atoms with E-state index in [0.717, 1.165) is 12.8 Å². The van der Waals surface area contributed by atoms with Crippen molar-refractivity contribution in [1.82, 2.24) is 10.6 Å². The first kappa shape index (κ1) is 17.3. The van der Waals surface area contributed by atoms with Crippen LogP contribution in [0.5, 0.6) is 0 Å². The van der Waals surface area contributed by atoms with E-state index < -0.39 is 9.96 Å². The number of carbonyl (C=O) groups is 1. The maximum Gasteiger partial charge on any atom is 0.223 e. The van der Waals surface area contributed by atoms with E-state index in [1.54, 1.807) is 0 Å². The minimum atomic E-state index is -1.54. The lowest BCUT2D eigenvalue weighted by atomic mass is 10.1. The van der Waals surface area contributed by atoms with Gasteiger partial charge in [-0.1, -0.05) is 62.0 Å². The Kier molecular flexibility index (Phi) is 8.56. The fraction of sp³-hybridized carbons (Fsp3) is 0.909. The molecule has 17 heavy (non-hydrogen) atoms. The summed E-state index contributed by atoms with van der Waals surface area (Å²) in [5.74, 6) is 0.169. The summed E-state index contributed by atoms with van der Waals surface area (Å²) in [5.41, 5.74) is 0. The van der Waals surface area contributed by atoms with Gasteiger partial charge in [0.1, 0.15) is 6.17 Å². The van der Waals surface area contributed by atoms with Gasteiger partial charge >= 0.3 is 0 Å². The lowest BCUT2D eigenvalue weighted by molar-refractivity contribution is -0.122. The monoisotopic (exact) mass is 302 g/mol. The van der Waals surface area contributed by atoms with Crippen LogP contribution in [0.25, 0.3) is 0 Å². The van der Waals surface area contributed by atoms with Crippen molar-refractivity contribution in [3.8, 4) is 0 Å². The molecule has 0 saturated carbocycles. The molecule has 3 nitrogen and oxygen atoms in total. The molecule has 0 saturated heterocycles. The molecule has 0 aliphatic heterocycles. The standard InChI is InChI=1S/C11H21Cl3N2O/c1-4-5-6-15-10(11(12,13)14)16-9(17)7-8(2)3/h8,10,15H,4-7H2,1-3H3,(H,16,17)/t10-/m0/s1.